The van der Waals surface area contributed by atoms with Crippen molar-refractivity contribution in [2.24, 2.45) is 0 Å². The average molecular weight is 878 g/mol. The Morgan fingerprint density at radius 1 is 0.232 bits per heavy atom. The molecule has 0 fully saturated rings. The minimum Gasteiger partial charge on any atom is -0.310 e. The first-order valence-electron chi connectivity index (χ1n) is 23.7. The first-order chi connectivity index (χ1) is 34.2. The van der Waals surface area contributed by atoms with Gasteiger partial charge in [-0.15, -0.1) is 0 Å². The van der Waals surface area contributed by atoms with Crippen LogP contribution in [0.3, 0.4) is 0 Å². The molecule has 11 aromatic carbocycles. The summed E-state index contributed by atoms with van der Waals surface area (Å²) in [5.41, 5.74) is 20.2. The van der Waals surface area contributed by atoms with Gasteiger partial charge in [-0.05, 0) is 129 Å². The van der Waals surface area contributed by atoms with E-state index >= 15 is 0 Å². The zero-order valence-electron chi connectivity index (χ0n) is 37.7. The molecule has 0 N–H and O–H groups in total. The van der Waals surface area contributed by atoms with Crippen LogP contribution in [0.5, 0.6) is 0 Å². The van der Waals surface area contributed by atoms with E-state index in [0.29, 0.717) is 0 Å². The maximum Gasteiger partial charge on any atom is 0.0620 e. The fourth-order valence-corrected chi connectivity index (χ4v) is 11.0. The van der Waals surface area contributed by atoms with Crippen molar-refractivity contribution in [2.75, 3.05) is 4.90 Å². The predicted octanol–water partition coefficient (Wildman–Crippen LogP) is 18.1. The van der Waals surface area contributed by atoms with Crippen molar-refractivity contribution in [1.29, 1.82) is 0 Å². The number of rotatable bonds is 8. The minimum absolute atomic E-state index is 1.10. The molecule has 0 atom stereocenters. The molecule has 0 aliphatic heterocycles. The number of anilines is 3. The van der Waals surface area contributed by atoms with Crippen LogP contribution in [-0.2, 0) is 0 Å². The van der Waals surface area contributed by atoms with E-state index in [4.69, 9.17) is 0 Å². The fourth-order valence-electron chi connectivity index (χ4n) is 11.0. The highest BCUT2D eigenvalue weighted by Gasteiger charge is 2.20. The molecule has 0 unspecified atom stereocenters. The molecule has 14 rings (SSSR count). The zero-order valence-corrected chi connectivity index (χ0v) is 37.7. The first-order valence-corrected chi connectivity index (χ1v) is 23.7. The van der Waals surface area contributed by atoms with Gasteiger partial charge in [0.2, 0.25) is 0 Å². The van der Waals surface area contributed by atoms with Gasteiger partial charge in [-0.25, -0.2) is 0 Å². The lowest BCUT2D eigenvalue weighted by molar-refractivity contribution is 1.18. The van der Waals surface area contributed by atoms with E-state index in [-0.39, 0.29) is 0 Å². The van der Waals surface area contributed by atoms with Crippen LogP contribution in [-0.4, -0.2) is 8.97 Å². The molecule has 0 saturated heterocycles. The Morgan fingerprint density at radius 2 is 0.667 bits per heavy atom. The third kappa shape index (κ3) is 6.36. The van der Waals surface area contributed by atoms with Gasteiger partial charge in [0.15, 0.2) is 0 Å². The molecular weight excluding hydrogens is 835 g/mol. The van der Waals surface area contributed by atoms with Crippen molar-refractivity contribution in [3.63, 3.8) is 0 Å². The van der Waals surface area contributed by atoms with Crippen molar-refractivity contribution >= 4 is 77.0 Å². The van der Waals surface area contributed by atoms with E-state index in [9.17, 15) is 0 Å². The van der Waals surface area contributed by atoms with E-state index < -0.39 is 0 Å². The number of hydrogen-bond acceptors (Lipinski definition) is 1. The fraction of sp³-hybridized carbons (Fsp3) is 0. The second-order valence-electron chi connectivity index (χ2n) is 18.1. The lowest BCUT2D eigenvalue weighted by atomic mass is 9.99. The van der Waals surface area contributed by atoms with Gasteiger partial charge < -0.3 is 13.9 Å². The molecule has 0 spiro atoms. The Bertz CT molecular complexity index is 4120. The first kappa shape index (κ1) is 39.0. The summed E-state index contributed by atoms with van der Waals surface area (Å²) >= 11 is 0. The van der Waals surface area contributed by atoms with Crippen LogP contribution in [0.15, 0.2) is 261 Å². The predicted molar refractivity (Wildman–Crippen MR) is 292 cm³/mol. The molecular formula is C66H43N3. The lowest BCUT2D eigenvalue weighted by Gasteiger charge is -2.26. The molecule has 0 bridgehead atoms. The number of fused-ring (bicyclic) bond motifs is 9. The molecule has 3 nitrogen and oxygen atoms in total. The molecule has 14 aromatic rings. The van der Waals surface area contributed by atoms with Crippen LogP contribution in [0, 0.1) is 0 Å². The molecule has 322 valence electrons. The number of aromatic nitrogens is 2. The third-order valence-electron chi connectivity index (χ3n) is 14.2. The smallest absolute Gasteiger partial charge is 0.0620 e. The van der Waals surface area contributed by atoms with Crippen molar-refractivity contribution in [1.82, 2.24) is 8.97 Å². The van der Waals surface area contributed by atoms with Gasteiger partial charge in [-0.2, -0.15) is 0 Å². The second kappa shape index (κ2) is 15.7. The van der Waals surface area contributed by atoms with Gasteiger partial charge in [-0.3, -0.25) is 0 Å². The summed E-state index contributed by atoms with van der Waals surface area (Å²) in [6.07, 6.45) is 0. The van der Waals surface area contributed by atoms with Crippen molar-refractivity contribution in [2.45, 2.75) is 0 Å². The second-order valence-corrected chi connectivity index (χ2v) is 18.1. The normalized spacial score (nSPS) is 11.8. The van der Waals surface area contributed by atoms with Gasteiger partial charge in [0.05, 0.1) is 27.6 Å². The largest absolute Gasteiger partial charge is 0.310 e. The van der Waals surface area contributed by atoms with E-state index in [2.05, 4.69) is 275 Å². The van der Waals surface area contributed by atoms with Crippen LogP contribution in [0.25, 0.3) is 110 Å². The molecule has 0 aliphatic rings. The van der Waals surface area contributed by atoms with Crippen LogP contribution in [0.1, 0.15) is 0 Å². The Kier molecular flexibility index (Phi) is 8.90. The maximum absolute atomic E-state index is 2.48. The van der Waals surface area contributed by atoms with Gasteiger partial charge >= 0.3 is 0 Å². The highest BCUT2D eigenvalue weighted by molar-refractivity contribution is 6.24. The van der Waals surface area contributed by atoms with Gasteiger partial charge in [0.1, 0.15) is 0 Å². The summed E-state index contributed by atoms with van der Waals surface area (Å²) in [5.74, 6) is 0. The van der Waals surface area contributed by atoms with Gasteiger partial charge in [0, 0.05) is 55.1 Å². The van der Waals surface area contributed by atoms with Crippen molar-refractivity contribution < 1.29 is 0 Å². The monoisotopic (exact) mass is 877 g/mol. The quantitative estimate of drug-likeness (QED) is 0.148. The Balaban J connectivity index is 0.855. The summed E-state index contributed by atoms with van der Waals surface area (Å²) in [4.78, 5) is 2.37. The summed E-state index contributed by atoms with van der Waals surface area (Å²) in [6, 6.07) is 95.3. The van der Waals surface area contributed by atoms with E-state index in [1.54, 1.807) is 0 Å². The molecule has 3 aromatic heterocycles. The molecule has 3 heterocycles. The van der Waals surface area contributed by atoms with Gasteiger partial charge in [0.25, 0.3) is 0 Å². The Hall–Kier alpha value is -9.18. The molecule has 0 saturated carbocycles. The van der Waals surface area contributed by atoms with Gasteiger partial charge in [-0.1, -0.05) is 176 Å². The molecule has 0 aliphatic carbocycles. The molecule has 0 radical (unpaired) electrons. The van der Waals surface area contributed by atoms with E-state index in [0.717, 1.165) is 17.1 Å². The SMILES string of the molecule is c1ccc(-c2ccc(N(c3ccc(-c4ccccc4)cc3)c3cccc(-c4ccc5c(c4)c4cccc6c7cc(-c8ccc9c%10ccccc%10n(-c%10ccccc%10)c9c8)ccc7n5c46)c3)cc2)cc1. The summed E-state index contributed by atoms with van der Waals surface area (Å²) < 4.78 is 4.88. The standard InChI is InChI=1S/C66H43N3/c1-4-14-44(15-5-1)46-26-33-53(34-27-46)67(54-35-28-47(29-36-54)45-16-6-2-7-17-45)55-21-12-18-48(40-55)49-31-38-63-60(41-49)58-23-13-24-59-61-42-50(32-39-64(61)69(63)66(58)59)51-30-37-57-56-22-10-11-25-62(56)68(65(57)43-51)52-19-8-3-9-20-52/h1-43H. The summed E-state index contributed by atoms with van der Waals surface area (Å²) in [5, 5.41) is 7.60. The topological polar surface area (TPSA) is 12.6 Å². The highest BCUT2D eigenvalue weighted by Crippen LogP contribution is 2.44. The van der Waals surface area contributed by atoms with Crippen LogP contribution < -0.4 is 4.90 Å². The van der Waals surface area contributed by atoms with Crippen molar-refractivity contribution in [3.8, 4) is 50.2 Å². The van der Waals surface area contributed by atoms with Crippen LogP contribution in [0.2, 0.25) is 0 Å². The Morgan fingerprint density at radius 3 is 1.28 bits per heavy atom. The zero-order chi connectivity index (χ0) is 45.4. The van der Waals surface area contributed by atoms with Crippen LogP contribution >= 0.6 is 0 Å². The lowest BCUT2D eigenvalue weighted by Crippen LogP contribution is -2.10. The highest BCUT2D eigenvalue weighted by atomic mass is 15.1. The van der Waals surface area contributed by atoms with E-state index in [1.807, 2.05) is 0 Å². The van der Waals surface area contributed by atoms with Crippen LogP contribution in [0.4, 0.5) is 17.1 Å². The minimum atomic E-state index is 1.10. The summed E-state index contributed by atoms with van der Waals surface area (Å²) in [6.45, 7) is 0. The van der Waals surface area contributed by atoms with E-state index in [1.165, 1.54) is 110 Å². The number of hydrogen-bond donors (Lipinski definition) is 0. The molecule has 3 heteroatoms. The number of para-hydroxylation sites is 3. The van der Waals surface area contributed by atoms with Crippen molar-refractivity contribution in [3.05, 3.63) is 261 Å². The average Bonchev–Trinajstić information content (AvgIpc) is 4.07. The third-order valence-corrected chi connectivity index (χ3v) is 14.2. The Labute approximate surface area is 400 Å². The number of benzene rings is 11. The summed E-state index contributed by atoms with van der Waals surface area (Å²) in [7, 11) is 0. The number of nitrogens with zero attached hydrogens (tertiary/aromatic N) is 3. The molecule has 69 heavy (non-hydrogen) atoms. The maximum atomic E-state index is 2.48. The molecule has 0 amide bonds.